The van der Waals surface area contributed by atoms with E-state index >= 15 is 0 Å². The molecular weight excluding hydrogens is 174 g/mol. The third-order valence-electron chi connectivity index (χ3n) is 2.70. The van der Waals surface area contributed by atoms with Crippen molar-refractivity contribution in [3.8, 4) is 0 Å². The molecule has 0 amide bonds. The van der Waals surface area contributed by atoms with Crippen molar-refractivity contribution in [3.63, 3.8) is 0 Å². The molecule has 0 spiro atoms. The maximum absolute atomic E-state index is 4.32. The SMILES string of the molecule is CN(C[C@@H]1CCCN1)c1ccccn1. The van der Waals surface area contributed by atoms with E-state index in [4.69, 9.17) is 0 Å². The van der Waals surface area contributed by atoms with E-state index in [0.29, 0.717) is 6.04 Å². The standard InChI is InChI=1S/C11H17N3/c1-14(9-10-5-4-8-12-10)11-6-2-3-7-13-11/h2-3,6-7,10,12H,4-5,8-9H2,1H3/t10-/m0/s1. The Labute approximate surface area is 85.1 Å². The lowest BCUT2D eigenvalue weighted by Gasteiger charge is -2.21. The molecule has 0 bridgehead atoms. The molecule has 1 aliphatic heterocycles. The second kappa shape index (κ2) is 4.42. The van der Waals surface area contributed by atoms with Gasteiger partial charge in [-0.1, -0.05) is 6.07 Å². The average Bonchev–Trinajstić information content (AvgIpc) is 2.72. The van der Waals surface area contributed by atoms with Crippen LogP contribution in [-0.2, 0) is 0 Å². The molecule has 1 saturated heterocycles. The number of nitrogens with zero attached hydrogens (tertiary/aromatic N) is 2. The molecule has 1 fully saturated rings. The lowest BCUT2D eigenvalue weighted by Crippen LogP contribution is -2.35. The maximum atomic E-state index is 4.32. The number of hydrogen-bond acceptors (Lipinski definition) is 3. The van der Waals surface area contributed by atoms with Crippen molar-refractivity contribution in [2.24, 2.45) is 0 Å². The molecule has 0 aliphatic carbocycles. The van der Waals surface area contributed by atoms with Crippen molar-refractivity contribution < 1.29 is 0 Å². The molecule has 3 heteroatoms. The van der Waals surface area contributed by atoms with E-state index in [1.54, 1.807) is 0 Å². The van der Waals surface area contributed by atoms with Gasteiger partial charge in [0.05, 0.1) is 0 Å². The zero-order valence-corrected chi connectivity index (χ0v) is 8.61. The van der Waals surface area contributed by atoms with Gasteiger partial charge in [-0.15, -0.1) is 0 Å². The first-order valence-corrected chi connectivity index (χ1v) is 5.22. The van der Waals surface area contributed by atoms with Gasteiger partial charge in [0.15, 0.2) is 0 Å². The molecule has 2 rings (SSSR count). The molecule has 0 radical (unpaired) electrons. The Morgan fingerprint density at radius 3 is 3.14 bits per heavy atom. The van der Waals surface area contributed by atoms with Gasteiger partial charge in [-0.05, 0) is 31.5 Å². The number of likely N-dealkylation sites (N-methyl/N-ethyl adjacent to an activating group) is 1. The van der Waals surface area contributed by atoms with Crippen LogP contribution < -0.4 is 10.2 Å². The van der Waals surface area contributed by atoms with Gasteiger partial charge in [-0.3, -0.25) is 0 Å². The molecule has 1 aliphatic rings. The van der Waals surface area contributed by atoms with Gasteiger partial charge in [0.2, 0.25) is 0 Å². The van der Waals surface area contributed by atoms with Crippen LogP contribution in [0.4, 0.5) is 5.82 Å². The molecule has 76 valence electrons. The normalized spacial score (nSPS) is 21.1. The number of hydrogen-bond donors (Lipinski definition) is 1. The Hall–Kier alpha value is -1.09. The Morgan fingerprint density at radius 2 is 2.50 bits per heavy atom. The van der Waals surface area contributed by atoms with Crippen molar-refractivity contribution in [1.82, 2.24) is 10.3 Å². The van der Waals surface area contributed by atoms with Crippen molar-refractivity contribution in [3.05, 3.63) is 24.4 Å². The quantitative estimate of drug-likeness (QED) is 0.780. The van der Waals surface area contributed by atoms with Crippen LogP contribution in [0, 0.1) is 0 Å². The maximum Gasteiger partial charge on any atom is 0.128 e. The first-order chi connectivity index (χ1) is 6.86. The monoisotopic (exact) mass is 191 g/mol. The van der Waals surface area contributed by atoms with E-state index in [1.165, 1.54) is 19.4 Å². The molecule has 0 aromatic carbocycles. The predicted octanol–water partition coefficient (Wildman–Crippen LogP) is 1.27. The molecule has 1 aromatic heterocycles. The van der Waals surface area contributed by atoms with Gasteiger partial charge in [-0.2, -0.15) is 0 Å². The molecule has 1 aromatic rings. The van der Waals surface area contributed by atoms with Gasteiger partial charge in [0.1, 0.15) is 5.82 Å². The molecule has 2 heterocycles. The zero-order valence-electron chi connectivity index (χ0n) is 8.61. The van der Waals surface area contributed by atoms with Crippen LogP contribution in [0.3, 0.4) is 0 Å². The van der Waals surface area contributed by atoms with Gasteiger partial charge in [0, 0.05) is 25.8 Å². The fraction of sp³-hybridized carbons (Fsp3) is 0.545. The Bertz CT molecular complexity index is 267. The van der Waals surface area contributed by atoms with E-state index in [0.717, 1.165) is 12.4 Å². The fourth-order valence-corrected chi connectivity index (χ4v) is 1.92. The molecule has 14 heavy (non-hydrogen) atoms. The summed E-state index contributed by atoms with van der Waals surface area (Å²) in [5.41, 5.74) is 0. The summed E-state index contributed by atoms with van der Waals surface area (Å²) < 4.78 is 0. The number of rotatable bonds is 3. The lowest BCUT2D eigenvalue weighted by atomic mass is 10.2. The van der Waals surface area contributed by atoms with Crippen LogP contribution in [0.2, 0.25) is 0 Å². The Balaban J connectivity index is 1.92. The zero-order chi connectivity index (χ0) is 9.80. The fourth-order valence-electron chi connectivity index (χ4n) is 1.92. The summed E-state index contributed by atoms with van der Waals surface area (Å²) in [6.45, 7) is 2.22. The van der Waals surface area contributed by atoms with Gasteiger partial charge in [0.25, 0.3) is 0 Å². The van der Waals surface area contributed by atoms with Crippen molar-refractivity contribution in [1.29, 1.82) is 0 Å². The third kappa shape index (κ3) is 2.23. The third-order valence-corrected chi connectivity index (χ3v) is 2.70. The summed E-state index contributed by atoms with van der Waals surface area (Å²) >= 11 is 0. The number of aromatic nitrogens is 1. The van der Waals surface area contributed by atoms with E-state index in [1.807, 2.05) is 18.3 Å². The highest BCUT2D eigenvalue weighted by molar-refractivity contribution is 5.36. The molecule has 0 saturated carbocycles. The highest BCUT2D eigenvalue weighted by Gasteiger charge is 2.16. The van der Waals surface area contributed by atoms with Gasteiger partial charge >= 0.3 is 0 Å². The summed E-state index contributed by atoms with van der Waals surface area (Å²) in [6.07, 6.45) is 4.44. The van der Waals surface area contributed by atoms with Crippen LogP contribution in [0.1, 0.15) is 12.8 Å². The number of nitrogens with one attached hydrogen (secondary N) is 1. The predicted molar refractivity (Wildman–Crippen MR) is 58.5 cm³/mol. The van der Waals surface area contributed by atoms with Gasteiger partial charge < -0.3 is 10.2 Å². The lowest BCUT2D eigenvalue weighted by molar-refractivity contribution is 0.597. The second-order valence-corrected chi connectivity index (χ2v) is 3.86. The van der Waals surface area contributed by atoms with Crippen molar-refractivity contribution >= 4 is 5.82 Å². The van der Waals surface area contributed by atoms with Crippen molar-refractivity contribution in [2.45, 2.75) is 18.9 Å². The summed E-state index contributed by atoms with van der Waals surface area (Å²) in [7, 11) is 2.10. The van der Waals surface area contributed by atoms with Crippen LogP contribution in [0.25, 0.3) is 0 Å². The minimum absolute atomic E-state index is 0.641. The summed E-state index contributed by atoms with van der Waals surface area (Å²) in [5, 5.41) is 3.49. The Morgan fingerprint density at radius 1 is 1.57 bits per heavy atom. The summed E-state index contributed by atoms with van der Waals surface area (Å²) in [6, 6.07) is 6.67. The molecular formula is C11H17N3. The number of anilines is 1. The Kier molecular flexibility index (Phi) is 2.99. The summed E-state index contributed by atoms with van der Waals surface area (Å²) in [4.78, 5) is 6.53. The summed E-state index contributed by atoms with van der Waals surface area (Å²) in [5.74, 6) is 1.06. The van der Waals surface area contributed by atoms with Gasteiger partial charge in [-0.25, -0.2) is 4.98 Å². The molecule has 1 N–H and O–H groups in total. The average molecular weight is 191 g/mol. The largest absolute Gasteiger partial charge is 0.358 e. The minimum Gasteiger partial charge on any atom is -0.358 e. The first-order valence-electron chi connectivity index (χ1n) is 5.22. The highest BCUT2D eigenvalue weighted by Crippen LogP contribution is 2.11. The second-order valence-electron chi connectivity index (χ2n) is 3.86. The highest BCUT2D eigenvalue weighted by atomic mass is 15.2. The van der Waals surface area contributed by atoms with Crippen molar-refractivity contribution in [2.75, 3.05) is 25.0 Å². The van der Waals surface area contributed by atoms with E-state index in [-0.39, 0.29) is 0 Å². The molecule has 3 nitrogen and oxygen atoms in total. The van der Waals surface area contributed by atoms with Crippen LogP contribution >= 0.6 is 0 Å². The van der Waals surface area contributed by atoms with E-state index < -0.39 is 0 Å². The van der Waals surface area contributed by atoms with Crippen LogP contribution in [-0.4, -0.2) is 31.2 Å². The topological polar surface area (TPSA) is 28.2 Å². The van der Waals surface area contributed by atoms with Crippen LogP contribution in [0.5, 0.6) is 0 Å². The van der Waals surface area contributed by atoms with E-state index in [2.05, 4.69) is 28.3 Å². The smallest absolute Gasteiger partial charge is 0.128 e. The first kappa shape index (κ1) is 9.46. The minimum atomic E-state index is 0.641. The number of pyridine rings is 1. The van der Waals surface area contributed by atoms with Crippen LogP contribution in [0.15, 0.2) is 24.4 Å². The molecule has 1 atom stereocenters. The van der Waals surface area contributed by atoms with E-state index in [9.17, 15) is 0 Å². The molecule has 0 unspecified atom stereocenters.